The molecule has 1 aliphatic heterocycles. The summed E-state index contributed by atoms with van der Waals surface area (Å²) in [6.07, 6.45) is 2.93. The predicted octanol–water partition coefficient (Wildman–Crippen LogP) is -0.816. The Balaban J connectivity index is 1.82. The van der Waals surface area contributed by atoms with Gasteiger partial charge >= 0.3 is 0 Å². The van der Waals surface area contributed by atoms with Gasteiger partial charge in [0.2, 0.25) is 17.5 Å². The second kappa shape index (κ2) is 4.05. The van der Waals surface area contributed by atoms with Crippen molar-refractivity contribution in [3.8, 4) is 0 Å². The minimum absolute atomic E-state index is 0.310. The summed E-state index contributed by atoms with van der Waals surface area (Å²) in [7, 11) is 0. The molecule has 0 aromatic carbocycles. The van der Waals surface area contributed by atoms with E-state index < -0.39 is 5.92 Å². The molecule has 1 aliphatic carbocycles. The standard InChI is InChI=1S/C11H13N3O3/c15-9-7(11-13-3-6-17-11)8(10(9)16)14-4-1-12-2-5-14/h3,6-8,12H,1-2,4-5H2. The Hall–Kier alpha value is -1.53. The Morgan fingerprint density at radius 3 is 2.71 bits per heavy atom. The van der Waals surface area contributed by atoms with Gasteiger partial charge in [-0.25, -0.2) is 4.98 Å². The molecule has 6 nitrogen and oxygen atoms in total. The zero-order chi connectivity index (χ0) is 11.8. The number of Topliss-reactive ketones (excluding diaryl/α,β-unsaturated/α-hetero) is 2. The van der Waals surface area contributed by atoms with Crippen molar-refractivity contribution in [1.82, 2.24) is 15.2 Å². The van der Waals surface area contributed by atoms with E-state index >= 15 is 0 Å². The zero-order valence-corrected chi connectivity index (χ0v) is 9.26. The second-order valence-corrected chi connectivity index (χ2v) is 4.31. The van der Waals surface area contributed by atoms with Gasteiger partial charge < -0.3 is 9.73 Å². The van der Waals surface area contributed by atoms with Crippen LogP contribution in [0.4, 0.5) is 0 Å². The summed E-state index contributed by atoms with van der Waals surface area (Å²) in [6.45, 7) is 3.24. The minimum Gasteiger partial charge on any atom is -0.448 e. The molecule has 2 atom stereocenters. The van der Waals surface area contributed by atoms with Crippen LogP contribution in [0.15, 0.2) is 16.9 Å². The lowest BCUT2D eigenvalue weighted by molar-refractivity contribution is -0.151. The van der Waals surface area contributed by atoms with Crippen LogP contribution in [0.25, 0.3) is 0 Å². The van der Waals surface area contributed by atoms with Gasteiger partial charge in [0.25, 0.3) is 0 Å². The number of carbonyl (C=O) groups is 2. The fraction of sp³-hybridized carbons (Fsp3) is 0.545. The van der Waals surface area contributed by atoms with Gasteiger partial charge in [0, 0.05) is 26.2 Å². The highest BCUT2D eigenvalue weighted by Crippen LogP contribution is 2.33. The lowest BCUT2D eigenvalue weighted by Gasteiger charge is -2.41. The van der Waals surface area contributed by atoms with Crippen LogP contribution >= 0.6 is 0 Å². The summed E-state index contributed by atoms with van der Waals surface area (Å²) in [6, 6.07) is -0.372. The molecule has 2 fully saturated rings. The molecule has 1 saturated heterocycles. The molecule has 1 aromatic heterocycles. The van der Waals surface area contributed by atoms with Gasteiger partial charge in [-0.05, 0) is 0 Å². The number of hydrogen-bond donors (Lipinski definition) is 1. The first-order chi connectivity index (χ1) is 8.29. The van der Waals surface area contributed by atoms with Gasteiger partial charge in [0.15, 0.2) is 0 Å². The zero-order valence-electron chi connectivity index (χ0n) is 9.26. The highest BCUT2D eigenvalue weighted by molar-refractivity contribution is 6.48. The first-order valence-corrected chi connectivity index (χ1v) is 5.71. The van der Waals surface area contributed by atoms with Crippen molar-refractivity contribution in [3.63, 3.8) is 0 Å². The first kappa shape index (κ1) is 10.6. The van der Waals surface area contributed by atoms with Crippen molar-refractivity contribution in [2.24, 2.45) is 0 Å². The van der Waals surface area contributed by atoms with E-state index in [1.165, 1.54) is 12.5 Å². The molecule has 90 valence electrons. The number of ketones is 2. The number of nitrogens with one attached hydrogen (secondary N) is 1. The summed E-state index contributed by atoms with van der Waals surface area (Å²) >= 11 is 0. The number of carbonyl (C=O) groups excluding carboxylic acids is 2. The topological polar surface area (TPSA) is 75.4 Å². The van der Waals surface area contributed by atoms with Crippen molar-refractivity contribution >= 4 is 11.6 Å². The number of aromatic nitrogens is 1. The third-order valence-corrected chi connectivity index (χ3v) is 3.37. The number of nitrogens with zero attached hydrogens (tertiary/aromatic N) is 2. The van der Waals surface area contributed by atoms with Crippen LogP contribution in [0.2, 0.25) is 0 Å². The van der Waals surface area contributed by atoms with Crippen LogP contribution in [0.3, 0.4) is 0 Å². The molecule has 0 radical (unpaired) electrons. The largest absolute Gasteiger partial charge is 0.448 e. The SMILES string of the molecule is O=C1C(=O)C(N2CCNCC2)C1c1ncco1. The summed E-state index contributed by atoms with van der Waals surface area (Å²) < 4.78 is 5.15. The molecule has 1 aromatic rings. The Morgan fingerprint density at radius 2 is 2.06 bits per heavy atom. The molecule has 1 N–H and O–H groups in total. The Bertz CT molecular complexity index is 437. The normalized spacial score (nSPS) is 30.4. The van der Waals surface area contributed by atoms with E-state index in [0.29, 0.717) is 5.89 Å². The van der Waals surface area contributed by atoms with E-state index in [-0.39, 0.29) is 17.6 Å². The molecule has 0 spiro atoms. The molecular formula is C11H13N3O3. The Kier molecular flexibility index (Phi) is 2.53. The van der Waals surface area contributed by atoms with Gasteiger partial charge in [0.05, 0.1) is 12.2 Å². The van der Waals surface area contributed by atoms with Crippen LogP contribution in [-0.2, 0) is 9.59 Å². The van der Waals surface area contributed by atoms with Crippen molar-refractivity contribution in [2.75, 3.05) is 26.2 Å². The van der Waals surface area contributed by atoms with E-state index in [0.717, 1.165) is 26.2 Å². The van der Waals surface area contributed by atoms with Gasteiger partial charge in [-0.3, -0.25) is 14.5 Å². The summed E-state index contributed by atoms with van der Waals surface area (Å²) in [5.41, 5.74) is 0. The van der Waals surface area contributed by atoms with Crippen molar-refractivity contribution < 1.29 is 14.0 Å². The van der Waals surface area contributed by atoms with Gasteiger partial charge in [0.1, 0.15) is 12.2 Å². The molecule has 2 unspecified atom stereocenters. The third-order valence-electron chi connectivity index (χ3n) is 3.37. The van der Waals surface area contributed by atoms with E-state index in [1.807, 2.05) is 4.90 Å². The minimum atomic E-state index is -0.504. The lowest BCUT2D eigenvalue weighted by Crippen LogP contribution is -2.63. The second-order valence-electron chi connectivity index (χ2n) is 4.31. The maximum atomic E-state index is 11.7. The number of oxazole rings is 1. The highest BCUT2D eigenvalue weighted by atomic mass is 16.3. The quantitative estimate of drug-likeness (QED) is 0.675. The molecular weight excluding hydrogens is 222 g/mol. The monoisotopic (exact) mass is 235 g/mol. The fourth-order valence-corrected chi connectivity index (χ4v) is 2.47. The molecule has 0 amide bonds. The van der Waals surface area contributed by atoms with Crippen LogP contribution in [0.1, 0.15) is 11.8 Å². The number of rotatable bonds is 2. The molecule has 2 heterocycles. The molecule has 3 rings (SSSR count). The summed E-state index contributed by atoms with van der Waals surface area (Å²) in [5, 5.41) is 3.22. The summed E-state index contributed by atoms with van der Waals surface area (Å²) in [5.74, 6) is -0.834. The van der Waals surface area contributed by atoms with Gasteiger partial charge in [-0.2, -0.15) is 0 Å². The van der Waals surface area contributed by atoms with E-state index in [4.69, 9.17) is 4.42 Å². The smallest absolute Gasteiger partial charge is 0.217 e. The number of piperazine rings is 1. The van der Waals surface area contributed by atoms with Crippen LogP contribution < -0.4 is 5.32 Å². The van der Waals surface area contributed by atoms with Crippen LogP contribution in [0, 0.1) is 0 Å². The van der Waals surface area contributed by atoms with E-state index in [2.05, 4.69) is 10.3 Å². The van der Waals surface area contributed by atoms with Crippen LogP contribution in [-0.4, -0.2) is 53.7 Å². The van der Waals surface area contributed by atoms with Crippen LogP contribution in [0.5, 0.6) is 0 Å². The highest BCUT2D eigenvalue weighted by Gasteiger charge is 2.54. The average molecular weight is 235 g/mol. The van der Waals surface area contributed by atoms with E-state index in [9.17, 15) is 9.59 Å². The predicted molar refractivity (Wildman–Crippen MR) is 57.5 cm³/mol. The van der Waals surface area contributed by atoms with Crippen molar-refractivity contribution in [3.05, 3.63) is 18.4 Å². The fourth-order valence-electron chi connectivity index (χ4n) is 2.47. The van der Waals surface area contributed by atoms with Crippen molar-refractivity contribution in [1.29, 1.82) is 0 Å². The number of hydrogen-bond acceptors (Lipinski definition) is 6. The Labute approximate surface area is 98.0 Å². The third kappa shape index (κ3) is 1.60. The Morgan fingerprint density at radius 1 is 1.29 bits per heavy atom. The molecule has 2 aliphatic rings. The van der Waals surface area contributed by atoms with Crippen molar-refractivity contribution in [2.45, 2.75) is 12.0 Å². The summed E-state index contributed by atoms with van der Waals surface area (Å²) in [4.78, 5) is 29.3. The van der Waals surface area contributed by atoms with Gasteiger partial charge in [-0.1, -0.05) is 0 Å². The average Bonchev–Trinajstić information content (AvgIpc) is 2.88. The maximum Gasteiger partial charge on any atom is 0.217 e. The molecule has 0 bridgehead atoms. The molecule has 6 heteroatoms. The lowest BCUT2D eigenvalue weighted by atomic mass is 9.75. The van der Waals surface area contributed by atoms with E-state index in [1.54, 1.807) is 0 Å². The molecule has 17 heavy (non-hydrogen) atoms. The first-order valence-electron chi connectivity index (χ1n) is 5.71. The molecule has 1 saturated carbocycles. The maximum absolute atomic E-state index is 11.7. The van der Waals surface area contributed by atoms with Gasteiger partial charge in [-0.15, -0.1) is 0 Å².